The molecule has 0 bridgehead atoms. The van der Waals surface area contributed by atoms with Gasteiger partial charge in [-0.05, 0) is 43.0 Å². The Hall–Kier alpha value is -1.69. The van der Waals surface area contributed by atoms with Crippen LogP contribution in [0.1, 0.15) is 44.7 Å². The quantitative estimate of drug-likeness (QED) is 0.432. The van der Waals surface area contributed by atoms with Crippen molar-refractivity contribution in [3.8, 4) is 0 Å². The molecule has 2 rings (SSSR count). The van der Waals surface area contributed by atoms with Crippen molar-refractivity contribution in [3.05, 3.63) is 69.7 Å². The Labute approximate surface area is 199 Å². The van der Waals surface area contributed by atoms with E-state index in [1.54, 1.807) is 17.0 Å². The molecule has 0 aliphatic carbocycles. The minimum Gasteiger partial charge on any atom is -0.352 e. The zero-order valence-corrected chi connectivity index (χ0v) is 20.6. The summed E-state index contributed by atoms with van der Waals surface area (Å²) in [5.74, 6) is 0.687. The summed E-state index contributed by atoms with van der Waals surface area (Å²) in [6, 6.07) is 14.7. The van der Waals surface area contributed by atoms with Crippen molar-refractivity contribution in [2.24, 2.45) is 0 Å². The molecule has 2 aromatic rings. The topological polar surface area (TPSA) is 49.4 Å². The van der Waals surface area contributed by atoms with E-state index in [0.29, 0.717) is 28.8 Å². The van der Waals surface area contributed by atoms with Crippen molar-refractivity contribution >= 4 is 46.8 Å². The lowest BCUT2D eigenvalue weighted by Gasteiger charge is -2.31. The molecule has 168 valence electrons. The smallest absolute Gasteiger partial charge is 0.243 e. The zero-order valence-electron chi connectivity index (χ0n) is 18.2. The first-order valence-electron chi connectivity index (χ1n) is 10.5. The third-order valence-corrected chi connectivity index (χ3v) is 6.63. The number of carbonyl (C=O) groups excluding carboxylic acids is 2. The number of hydrogen-bond donors (Lipinski definition) is 1. The van der Waals surface area contributed by atoms with Gasteiger partial charge in [0, 0.05) is 28.4 Å². The van der Waals surface area contributed by atoms with Crippen LogP contribution in [0.2, 0.25) is 10.0 Å². The van der Waals surface area contributed by atoms with Crippen molar-refractivity contribution in [1.29, 1.82) is 0 Å². The summed E-state index contributed by atoms with van der Waals surface area (Å²) < 4.78 is 0. The molecule has 0 spiro atoms. The molecule has 1 N–H and O–H groups in total. The number of nitrogens with one attached hydrogen (secondary N) is 1. The van der Waals surface area contributed by atoms with Gasteiger partial charge < -0.3 is 10.2 Å². The monoisotopic (exact) mass is 480 g/mol. The fraction of sp³-hybridized carbons (Fsp3) is 0.417. The van der Waals surface area contributed by atoms with Gasteiger partial charge in [0.2, 0.25) is 11.8 Å². The van der Waals surface area contributed by atoms with Gasteiger partial charge in [-0.25, -0.2) is 0 Å². The molecule has 0 aromatic heterocycles. The highest BCUT2D eigenvalue weighted by Crippen LogP contribution is 2.25. The predicted molar refractivity (Wildman–Crippen MR) is 132 cm³/mol. The fourth-order valence-electron chi connectivity index (χ4n) is 3.11. The minimum atomic E-state index is -0.513. The normalized spacial score (nSPS) is 12.8. The average molecular weight is 481 g/mol. The number of benzene rings is 2. The standard InChI is InChI=1S/C24H30Cl2N2O2S/c1-4-17(3)27-24(30)22(5-2)28(14-18-9-7-6-8-10-18)23(29)16-31-15-19-11-12-20(25)13-21(19)26/h6-13,17,22H,4-5,14-16H2,1-3H3,(H,27,30)/t17-,22-/m0/s1. The van der Waals surface area contributed by atoms with E-state index >= 15 is 0 Å². The van der Waals surface area contributed by atoms with Gasteiger partial charge in [-0.15, -0.1) is 11.8 Å². The Bertz CT molecular complexity index is 864. The summed E-state index contributed by atoms with van der Waals surface area (Å²) in [6.07, 6.45) is 1.39. The van der Waals surface area contributed by atoms with Gasteiger partial charge in [-0.1, -0.05) is 73.4 Å². The lowest BCUT2D eigenvalue weighted by Crippen LogP contribution is -2.51. The Balaban J connectivity index is 2.12. The number of carbonyl (C=O) groups is 2. The highest BCUT2D eigenvalue weighted by molar-refractivity contribution is 7.99. The first-order chi connectivity index (χ1) is 14.8. The number of nitrogens with zero attached hydrogens (tertiary/aromatic N) is 1. The van der Waals surface area contributed by atoms with Crippen LogP contribution in [0, 0.1) is 0 Å². The molecule has 0 unspecified atom stereocenters. The van der Waals surface area contributed by atoms with Crippen molar-refractivity contribution in [1.82, 2.24) is 10.2 Å². The molecular formula is C24H30Cl2N2O2S. The van der Waals surface area contributed by atoms with Gasteiger partial charge in [0.25, 0.3) is 0 Å². The zero-order chi connectivity index (χ0) is 22.8. The molecular weight excluding hydrogens is 451 g/mol. The Morgan fingerprint density at radius 1 is 1.06 bits per heavy atom. The van der Waals surface area contributed by atoms with E-state index in [4.69, 9.17) is 23.2 Å². The lowest BCUT2D eigenvalue weighted by atomic mass is 10.1. The van der Waals surface area contributed by atoms with Gasteiger partial charge in [-0.3, -0.25) is 9.59 Å². The fourth-order valence-corrected chi connectivity index (χ4v) is 4.58. The van der Waals surface area contributed by atoms with Crippen molar-refractivity contribution in [2.45, 2.75) is 58.0 Å². The predicted octanol–water partition coefficient (Wildman–Crippen LogP) is 5.95. The van der Waals surface area contributed by atoms with Gasteiger partial charge in [-0.2, -0.15) is 0 Å². The number of amides is 2. The molecule has 0 saturated carbocycles. The first kappa shape index (κ1) is 25.6. The van der Waals surface area contributed by atoms with Crippen LogP contribution in [0.25, 0.3) is 0 Å². The Morgan fingerprint density at radius 3 is 2.39 bits per heavy atom. The maximum absolute atomic E-state index is 13.2. The number of halogens is 2. The molecule has 0 aliphatic heterocycles. The summed E-state index contributed by atoms with van der Waals surface area (Å²) in [7, 11) is 0. The number of hydrogen-bond acceptors (Lipinski definition) is 3. The minimum absolute atomic E-state index is 0.0647. The van der Waals surface area contributed by atoms with Crippen LogP contribution in [-0.2, 0) is 21.9 Å². The second kappa shape index (κ2) is 13.0. The van der Waals surface area contributed by atoms with Crippen molar-refractivity contribution in [3.63, 3.8) is 0 Å². The third-order valence-electron chi connectivity index (χ3n) is 5.08. The van der Waals surface area contributed by atoms with Crippen molar-refractivity contribution in [2.75, 3.05) is 5.75 Å². The Kier molecular flexibility index (Phi) is 10.7. The van der Waals surface area contributed by atoms with Crippen LogP contribution < -0.4 is 5.32 Å². The summed E-state index contributed by atoms with van der Waals surface area (Å²) in [4.78, 5) is 27.8. The maximum atomic E-state index is 13.2. The first-order valence-corrected chi connectivity index (χ1v) is 12.4. The molecule has 0 saturated heterocycles. The molecule has 7 heteroatoms. The van der Waals surface area contributed by atoms with Gasteiger partial charge >= 0.3 is 0 Å². The maximum Gasteiger partial charge on any atom is 0.243 e. The van der Waals surface area contributed by atoms with Crippen LogP contribution in [0.15, 0.2) is 48.5 Å². The highest BCUT2D eigenvalue weighted by Gasteiger charge is 2.29. The molecule has 4 nitrogen and oxygen atoms in total. The van der Waals surface area contributed by atoms with E-state index in [-0.39, 0.29) is 23.6 Å². The van der Waals surface area contributed by atoms with Gasteiger partial charge in [0.1, 0.15) is 6.04 Å². The van der Waals surface area contributed by atoms with Gasteiger partial charge in [0.15, 0.2) is 0 Å². The second-order valence-electron chi connectivity index (χ2n) is 7.48. The summed E-state index contributed by atoms with van der Waals surface area (Å²) in [5.41, 5.74) is 1.93. The summed E-state index contributed by atoms with van der Waals surface area (Å²) >= 11 is 13.7. The number of thioether (sulfide) groups is 1. The molecule has 2 amide bonds. The van der Waals surface area contributed by atoms with E-state index < -0.39 is 6.04 Å². The summed E-state index contributed by atoms with van der Waals surface area (Å²) in [6.45, 7) is 6.33. The van der Waals surface area contributed by atoms with E-state index in [9.17, 15) is 9.59 Å². The molecule has 0 radical (unpaired) electrons. The van der Waals surface area contributed by atoms with Crippen LogP contribution in [-0.4, -0.2) is 34.6 Å². The number of rotatable bonds is 11. The molecule has 0 fully saturated rings. The van der Waals surface area contributed by atoms with E-state index in [1.807, 2.05) is 57.2 Å². The van der Waals surface area contributed by atoms with Crippen LogP contribution in [0.3, 0.4) is 0 Å². The highest BCUT2D eigenvalue weighted by atomic mass is 35.5. The molecule has 2 aromatic carbocycles. The van der Waals surface area contributed by atoms with Crippen LogP contribution in [0.5, 0.6) is 0 Å². The third kappa shape index (κ3) is 8.06. The molecule has 0 aliphatic rings. The van der Waals surface area contributed by atoms with E-state index in [0.717, 1.165) is 17.5 Å². The van der Waals surface area contributed by atoms with E-state index in [1.165, 1.54) is 11.8 Å². The van der Waals surface area contributed by atoms with Gasteiger partial charge in [0.05, 0.1) is 5.75 Å². The van der Waals surface area contributed by atoms with Crippen LogP contribution in [0.4, 0.5) is 0 Å². The lowest BCUT2D eigenvalue weighted by molar-refractivity contribution is -0.139. The molecule has 2 atom stereocenters. The summed E-state index contributed by atoms with van der Waals surface area (Å²) in [5, 5.41) is 4.20. The molecule has 0 heterocycles. The van der Waals surface area contributed by atoms with E-state index in [2.05, 4.69) is 5.32 Å². The Morgan fingerprint density at radius 2 is 1.77 bits per heavy atom. The SMILES string of the molecule is CC[C@H](C)NC(=O)[C@H](CC)N(Cc1ccccc1)C(=O)CSCc1ccc(Cl)cc1Cl. The largest absolute Gasteiger partial charge is 0.352 e. The van der Waals surface area contributed by atoms with Crippen LogP contribution >= 0.6 is 35.0 Å². The van der Waals surface area contributed by atoms with Crippen molar-refractivity contribution < 1.29 is 9.59 Å². The molecule has 31 heavy (non-hydrogen) atoms. The average Bonchev–Trinajstić information content (AvgIpc) is 2.75. The second-order valence-corrected chi connectivity index (χ2v) is 9.31.